The maximum Gasteiger partial charge on any atom is 2.00 e. The predicted molar refractivity (Wildman–Crippen MR) is 193 cm³/mol. The maximum absolute atomic E-state index is 13.9. The Bertz CT molecular complexity index is 2080. The fourth-order valence-electron chi connectivity index (χ4n) is 7.38. The molecule has 16 heteroatoms. The zero-order valence-corrected chi connectivity index (χ0v) is 32.9. The number of methoxy groups -OCH3 is 1. The molecule has 4 atom stereocenters. The molecule has 5 aliphatic rings. The molecule has 0 aromatic rings. The minimum Gasteiger partial charge on any atom is -0.875 e. The molecule has 0 amide bonds. The molecule has 0 aromatic carbocycles. The SMILES string of the molecule is CC[C@H]1C2=CC3=NC(=C(CC(=O)OC)C4=NC(=CC5=C(C)C(=C(C)[O-])C(=N5)C=C(N2)[C@@H]1C)[C@@H](C)[C@@H]4CCC(=O)O)C(C([O-])=NCCS(=O)(=O)O)=C3C.[Pd+2]. The number of hydrogen-bond donors (Lipinski definition) is 3. The molecule has 0 radical (unpaired) electrons. The van der Waals surface area contributed by atoms with Crippen LogP contribution in [0.3, 0.4) is 0 Å². The molecule has 3 N–H and O–H groups in total. The van der Waals surface area contributed by atoms with Gasteiger partial charge in [0.25, 0.3) is 10.1 Å². The second kappa shape index (κ2) is 16.4. The summed E-state index contributed by atoms with van der Waals surface area (Å²) in [6, 6.07) is 0. The Morgan fingerprint density at radius 1 is 1.00 bits per heavy atom. The van der Waals surface area contributed by atoms with Crippen LogP contribution in [0.5, 0.6) is 0 Å². The second-order valence-corrected chi connectivity index (χ2v) is 15.1. The Kier molecular flexibility index (Phi) is 12.9. The molecule has 53 heavy (non-hydrogen) atoms. The van der Waals surface area contributed by atoms with Crippen LogP contribution in [0.15, 0.2) is 100 Å². The molecule has 5 aliphatic heterocycles. The molecule has 0 saturated carbocycles. The Balaban J connectivity index is 0.00000627. The number of esters is 1. The van der Waals surface area contributed by atoms with E-state index in [0.717, 1.165) is 17.8 Å². The fraction of sp³-hybridized carbons (Fsp3) is 0.459. The van der Waals surface area contributed by atoms with Gasteiger partial charge in [-0.05, 0) is 67.5 Å². The van der Waals surface area contributed by atoms with E-state index in [9.17, 15) is 37.9 Å². The quantitative estimate of drug-likeness (QED) is 0.0728. The smallest absolute Gasteiger partial charge is 0.875 e. The van der Waals surface area contributed by atoms with Crippen LogP contribution in [0.2, 0.25) is 0 Å². The minimum atomic E-state index is -4.41. The molecule has 5 heterocycles. The number of aliphatic carboxylic acids is 1. The van der Waals surface area contributed by atoms with E-state index in [1.54, 1.807) is 13.0 Å². The summed E-state index contributed by atoms with van der Waals surface area (Å²) in [7, 11) is -3.19. The van der Waals surface area contributed by atoms with Gasteiger partial charge in [0.2, 0.25) is 0 Å². The van der Waals surface area contributed by atoms with E-state index in [0.29, 0.717) is 45.2 Å². The third-order valence-electron chi connectivity index (χ3n) is 10.2. The maximum atomic E-state index is 13.9. The van der Waals surface area contributed by atoms with Crippen molar-refractivity contribution >= 4 is 45.1 Å². The molecule has 8 bridgehead atoms. The average Bonchev–Trinajstić information content (AvgIpc) is 3.74. The van der Waals surface area contributed by atoms with Crippen molar-refractivity contribution < 1.29 is 63.0 Å². The first-order valence-corrected chi connectivity index (χ1v) is 18.7. The van der Waals surface area contributed by atoms with Gasteiger partial charge in [0.1, 0.15) is 0 Å². The Morgan fingerprint density at radius 2 is 1.68 bits per heavy atom. The van der Waals surface area contributed by atoms with Crippen LogP contribution in [-0.4, -0.2) is 72.5 Å². The standard InChI is InChI=1S/C37H45N5O9S.Pd/c1-8-22-17(2)25-16-30-33(21(6)43)19(4)27(40-30)14-26-18(3)23(9-10-31(44)45)35(41-26)24(13-32(46)51-7)36-34(37(47)38-11-12-52(48,49)50)20(5)28(42-36)15-29(22)39-25;/h14-18,22-23,39,43H,8-13H2,1-7H3,(H,38,47)(H,44,45)(H,48,49,50);/q;+2/p-2/t17-,18+,22-,23+;/m1./s1. The minimum absolute atomic E-state index is 0. The van der Waals surface area contributed by atoms with E-state index in [2.05, 4.69) is 17.2 Å². The first-order valence-electron chi connectivity index (χ1n) is 17.1. The number of aliphatic imine (C=N–C) groups is 4. The van der Waals surface area contributed by atoms with Gasteiger partial charge in [-0.15, -0.1) is 5.76 Å². The number of rotatable bonds is 10. The number of nitrogens with zero attached hydrogens (tertiary/aromatic N) is 4. The van der Waals surface area contributed by atoms with Gasteiger partial charge in [-0.2, -0.15) is 8.42 Å². The van der Waals surface area contributed by atoms with Gasteiger partial charge in [0.15, 0.2) is 0 Å². The molecule has 14 nitrogen and oxygen atoms in total. The van der Waals surface area contributed by atoms with Crippen molar-refractivity contribution in [3.05, 3.63) is 80.3 Å². The molecule has 0 aromatic heterocycles. The van der Waals surface area contributed by atoms with Crippen LogP contribution < -0.4 is 15.5 Å². The van der Waals surface area contributed by atoms with Crippen molar-refractivity contribution in [1.29, 1.82) is 0 Å². The third-order valence-corrected chi connectivity index (χ3v) is 10.9. The van der Waals surface area contributed by atoms with Gasteiger partial charge in [0.05, 0.1) is 54.4 Å². The Morgan fingerprint density at radius 3 is 2.28 bits per heavy atom. The van der Waals surface area contributed by atoms with Crippen molar-refractivity contribution in [3.63, 3.8) is 0 Å². The first-order chi connectivity index (χ1) is 24.4. The summed E-state index contributed by atoms with van der Waals surface area (Å²) in [6.07, 6.45) is 5.78. The Labute approximate surface area is 322 Å². The van der Waals surface area contributed by atoms with Crippen LogP contribution in [0.25, 0.3) is 0 Å². The topological polar surface area (TPSA) is 226 Å². The number of carbonyl (C=O) groups is 2. The van der Waals surface area contributed by atoms with Crippen LogP contribution in [-0.2, 0) is 44.9 Å². The van der Waals surface area contributed by atoms with E-state index in [1.807, 2.05) is 32.9 Å². The van der Waals surface area contributed by atoms with Gasteiger partial charge in [-0.1, -0.05) is 27.7 Å². The molecule has 0 unspecified atom stereocenters. The van der Waals surface area contributed by atoms with Gasteiger partial charge in [-0.3, -0.25) is 24.1 Å². The summed E-state index contributed by atoms with van der Waals surface area (Å²) in [5, 5.41) is 40.1. The summed E-state index contributed by atoms with van der Waals surface area (Å²) in [6.45, 7) is 10.5. The third kappa shape index (κ3) is 8.62. The van der Waals surface area contributed by atoms with Crippen molar-refractivity contribution in [3.8, 4) is 0 Å². The average molecular weight is 840 g/mol. The first kappa shape index (κ1) is 41.5. The van der Waals surface area contributed by atoms with E-state index in [1.165, 1.54) is 14.0 Å². The van der Waals surface area contributed by atoms with Gasteiger partial charge < -0.3 is 25.4 Å². The number of hydrogen-bond acceptors (Lipinski definition) is 12. The van der Waals surface area contributed by atoms with Gasteiger partial charge >= 0.3 is 32.4 Å². The fourth-order valence-corrected chi connectivity index (χ4v) is 7.71. The van der Waals surface area contributed by atoms with E-state index >= 15 is 0 Å². The van der Waals surface area contributed by atoms with Crippen molar-refractivity contribution in [2.75, 3.05) is 19.4 Å². The molecule has 1 fully saturated rings. The summed E-state index contributed by atoms with van der Waals surface area (Å²) in [5.74, 6) is -4.34. The van der Waals surface area contributed by atoms with Crippen LogP contribution in [0.4, 0.5) is 0 Å². The van der Waals surface area contributed by atoms with Crippen LogP contribution >= 0.6 is 0 Å². The van der Waals surface area contributed by atoms with E-state index < -0.39 is 46.2 Å². The monoisotopic (exact) mass is 839 g/mol. The van der Waals surface area contributed by atoms with Gasteiger partial charge in [0, 0.05) is 58.3 Å². The molecular weight excluding hydrogens is 797 g/mol. The second-order valence-electron chi connectivity index (χ2n) is 13.5. The Hall–Kier alpha value is -4.23. The van der Waals surface area contributed by atoms with E-state index in [-0.39, 0.29) is 80.0 Å². The van der Waals surface area contributed by atoms with Crippen molar-refractivity contribution in [2.45, 2.75) is 67.2 Å². The summed E-state index contributed by atoms with van der Waals surface area (Å²) in [5.41, 5.74) is 5.86. The number of nitrogens with one attached hydrogen (secondary N) is 1. The van der Waals surface area contributed by atoms with Crippen molar-refractivity contribution in [1.82, 2.24) is 5.32 Å². The van der Waals surface area contributed by atoms with Crippen LogP contribution in [0, 0.1) is 23.7 Å². The van der Waals surface area contributed by atoms with Crippen molar-refractivity contribution in [2.24, 2.45) is 43.6 Å². The van der Waals surface area contributed by atoms with Gasteiger partial charge in [-0.25, -0.2) is 9.98 Å². The molecule has 286 valence electrons. The van der Waals surface area contributed by atoms with Crippen LogP contribution in [0.1, 0.15) is 67.2 Å². The molecule has 0 spiro atoms. The summed E-state index contributed by atoms with van der Waals surface area (Å²) >= 11 is 0. The largest absolute Gasteiger partial charge is 2.00 e. The molecular formula is C37H43N5O9PdS. The zero-order valence-electron chi connectivity index (χ0n) is 30.5. The number of carbonyl (C=O) groups excluding carboxylic acids is 1. The molecule has 5 rings (SSSR count). The van der Waals surface area contributed by atoms with E-state index in [4.69, 9.17) is 19.7 Å². The number of fused-ring (bicyclic) bond motifs is 5. The number of allylic oxidation sites excluding steroid dienone is 10. The zero-order chi connectivity index (χ0) is 38.2. The number of ether oxygens (including phenoxy) is 1. The predicted octanol–water partition coefficient (Wildman–Crippen LogP) is 3.08. The summed E-state index contributed by atoms with van der Waals surface area (Å²) in [4.78, 5) is 43.7. The normalized spacial score (nSPS) is 25.2. The molecule has 0 aliphatic carbocycles. The molecule has 1 saturated heterocycles. The summed E-state index contributed by atoms with van der Waals surface area (Å²) < 4.78 is 37.2. The number of carboxylic acids is 1. The number of carboxylic acid groups (broad SMARTS) is 1.